The molecule has 0 aliphatic carbocycles. The lowest BCUT2D eigenvalue weighted by molar-refractivity contribution is -0.136. The first-order valence-electron chi connectivity index (χ1n) is 5.93. The normalized spacial score (nSPS) is 10.5. The highest BCUT2D eigenvalue weighted by molar-refractivity contribution is 6.03. The number of amides is 1. The first-order chi connectivity index (χ1) is 9.38. The van der Waals surface area contributed by atoms with E-state index in [0.717, 1.165) is 16.5 Å². The summed E-state index contributed by atoms with van der Waals surface area (Å²) in [6.45, 7) is 2.57. The average molecular weight is 275 g/mol. The third-order valence-electron chi connectivity index (χ3n) is 2.84. The SMILES string of the molecule is CC(=O)N(CC(=O)O)c1cc(=O)oc2cc(C)ccc12. The molecule has 1 amide bonds. The van der Waals surface area contributed by atoms with Crippen molar-refractivity contribution in [2.24, 2.45) is 0 Å². The van der Waals surface area contributed by atoms with Crippen molar-refractivity contribution in [3.8, 4) is 0 Å². The number of hydrogen-bond acceptors (Lipinski definition) is 4. The van der Waals surface area contributed by atoms with Crippen molar-refractivity contribution in [3.63, 3.8) is 0 Å². The molecule has 6 nitrogen and oxygen atoms in total. The fraction of sp³-hybridized carbons (Fsp3) is 0.214. The Hall–Kier alpha value is -2.63. The molecule has 0 saturated heterocycles. The monoisotopic (exact) mass is 275 g/mol. The molecule has 0 radical (unpaired) electrons. The summed E-state index contributed by atoms with van der Waals surface area (Å²) in [4.78, 5) is 35.1. The molecular weight excluding hydrogens is 262 g/mol. The van der Waals surface area contributed by atoms with Gasteiger partial charge in [-0.05, 0) is 24.6 Å². The average Bonchev–Trinajstić information content (AvgIpc) is 2.33. The molecule has 0 atom stereocenters. The fourth-order valence-electron chi connectivity index (χ4n) is 1.98. The molecule has 20 heavy (non-hydrogen) atoms. The van der Waals surface area contributed by atoms with Crippen LogP contribution in [0.3, 0.4) is 0 Å². The molecule has 1 N–H and O–H groups in total. The van der Waals surface area contributed by atoms with Crippen LogP contribution < -0.4 is 10.5 Å². The maximum Gasteiger partial charge on any atom is 0.338 e. The second-order valence-electron chi connectivity index (χ2n) is 4.45. The first kappa shape index (κ1) is 13.8. The van der Waals surface area contributed by atoms with E-state index in [9.17, 15) is 14.4 Å². The Bertz CT molecular complexity index is 747. The Morgan fingerprint density at radius 2 is 2.00 bits per heavy atom. The number of benzene rings is 1. The van der Waals surface area contributed by atoms with Gasteiger partial charge in [-0.3, -0.25) is 9.59 Å². The van der Waals surface area contributed by atoms with E-state index in [0.29, 0.717) is 11.0 Å². The van der Waals surface area contributed by atoms with E-state index < -0.39 is 24.0 Å². The molecule has 1 aromatic carbocycles. The van der Waals surface area contributed by atoms with Crippen LogP contribution in [0.15, 0.2) is 33.5 Å². The van der Waals surface area contributed by atoms with E-state index in [1.807, 2.05) is 6.92 Å². The molecule has 0 saturated carbocycles. The van der Waals surface area contributed by atoms with Gasteiger partial charge >= 0.3 is 11.6 Å². The summed E-state index contributed by atoms with van der Waals surface area (Å²) in [5.74, 6) is -1.62. The lowest BCUT2D eigenvalue weighted by Crippen LogP contribution is -2.34. The van der Waals surface area contributed by atoms with E-state index in [2.05, 4.69) is 0 Å². The Morgan fingerprint density at radius 1 is 1.30 bits per heavy atom. The molecule has 0 unspecified atom stereocenters. The minimum absolute atomic E-state index is 0.242. The number of aliphatic carboxylic acids is 1. The molecule has 0 aliphatic rings. The number of anilines is 1. The standard InChI is InChI=1S/C14H13NO5/c1-8-3-4-10-11(6-14(19)20-12(10)5-8)15(9(2)16)7-13(17)18/h3-6H,7H2,1-2H3,(H,17,18). The molecule has 2 aromatic rings. The molecular formula is C14H13NO5. The van der Waals surface area contributed by atoms with Crippen LogP contribution >= 0.6 is 0 Å². The van der Waals surface area contributed by atoms with Gasteiger partial charge in [-0.2, -0.15) is 0 Å². The zero-order valence-corrected chi connectivity index (χ0v) is 11.0. The van der Waals surface area contributed by atoms with Crippen molar-refractivity contribution in [2.75, 3.05) is 11.4 Å². The fourth-order valence-corrected chi connectivity index (χ4v) is 1.98. The van der Waals surface area contributed by atoms with E-state index in [1.165, 1.54) is 6.92 Å². The molecule has 0 aliphatic heterocycles. The van der Waals surface area contributed by atoms with Gasteiger partial charge in [-0.1, -0.05) is 6.07 Å². The number of nitrogens with zero attached hydrogens (tertiary/aromatic N) is 1. The highest BCUT2D eigenvalue weighted by atomic mass is 16.4. The van der Waals surface area contributed by atoms with Gasteiger partial charge in [-0.15, -0.1) is 0 Å². The molecule has 1 heterocycles. The summed E-state index contributed by atoms with van der Waals surface area (Å²) in [6, 6.07) is 6.28. The summed E-state index contributed by atoms with van der Waals surface area (Å²) in [6.07, 6.45) is 0. The smallest absolute Gasteiger partial charge is 0.338 e. The number of fused-ring (bicyclic) bond motifs is 1. The van der Waals surface area contributed by atoms with Gasteiger partial charge in [0.05, 0.1) is 5.69 Å². The first-order valence-corrected chi connectivity index (χ1v) is 5.93. The maximum absolute atomic E-state index is 11.6. The van der Waals surface area contributed by atoms with Gasteiger partial charge in [0.1, 0.15) is 12.1 Å². The van der Waals surface area contributed by atoms with Gasteiger partial charge in [0, 0.05) is 18.4 Å². The van der Waals surface area contributed by atoms with E-state index >= 15 is 0 Å². The Kier molecular flexibility index (Phi) is 3.56. The minimum Gasteiger partial charge on any atom is -0.480 e. The lowest BCUT2D eigenvalue weighted by Gasteiger charge is -2.20. The number of rotatable bonds is 3. The van der Waals surface area contributed by atoms with E-state index in [1.54, 1.807) is 18.2 Å². The molecule has 104 valence electrons. The summed E-state index contributed by atoms with van der Waals surface area (Å²) in [7, 11) is 0. The number of carboxylic acids is 1. The van der Waals surface area contributed by atoms with Crippen LogP contribution in [0.4, 0.5) is 5.69 Å². The maximum atomic E-state index is 11.6. The van der Waals surface area contributed by atoms with Crippen molar-refractivity contribution in [2.45, 2.75) is 13.8 Å². The van der Waals surface area contributed by atoms with Crippen LogP contribution in [0.2, 0.25) is 0 Å². The number of carbonyl (C=O) groups is 2. The predicted octanol–water partition coefficient (Wildman–Crippen LogP) is 1.54. The van der Waals surface area contributed by atoms with Crippen LogP contribution in [0, 0.1) is 6.92 Å². The van der Waals surface area contributed by atoms with Crippen LogP contribution in [0.5, 0.6) is 0 Å². The van der Waals surface area contributed by atoms with E-state index in [4.69, 9.17) is 9.52 Å². The Balaban J connectivity index is 2.70. The van der Waals surface area contributed by atoms with Gasteiger partial charge in [-0.25, -0.2) is 4.79 Å². The zero-order chi connectivity index (χ0) is 14.9. The summed E-state index contributed by atoms with van der Waals surface area (Å²) < 4.78 is 5.08. The van der Waals surface area contributed by atoms with Gasteiger partial charge in [0.25, 0.3) is 0 Å². The minimum atomic E-state index is -1.16. The third kappa shape index (κ3) is 2.69. The van der Waals surface area contributed by atoms with Gasteiger partial charge < -0.3 is 14.4 Å². The predicted molar refractivity (Wildman–Crippen MR) is 72.9 cm³/mol. The number of carbonyl (C=O) groups excluding carboxylic acids is 1. The van der Waals surface area contributed by atoms with E-state index in [-0.39, 0.29) is 5.69 Å². The van der Waals surface area contributed by atoms with Crippen LogP contribution in [0.25, 0.3) is 11.0 Å². The number of aryl methyl sites for hydroxylation is 1. The van der Waals surface area contributed by atoms with Crippen molar-refractivity contribution in [3.05, 3.63) is 40.2 Å². The summed E-state index contributed by atoms with van der Waals surface area (Å²) >= 11 is 0. The molecule has 1 aromatic heterocycles. The Labute approximate surface area is 114 Å². The van der Waals surface area contributed by atoms with Crippen molar-refractivity contribution < 1.29 is 19.1 Å². The van der Waals surface area contributed by atoms with Crippen molar-refractivity contribution in [1.29, 1.82) is 0 Å². The molecule has 0 fully saturated rings. The highest BCUT2D eigenvalue weighted by Crippen LogP contribution is 2.26. The summed E-state index contributed by atoms with van der Waals surface area (Å²) in [5, 5.41) is 9.40. The topological polar surface area (TPSA) is 87.8 Å². The largest absolute Gasteiger partial charge is 0.480 e. The zero-order valence-electron chi connectivity index (χ0n) is 11.0. The summed E-state index contributed by atoms with van der Waals surface area (Å²) in [5.41, 5.74) is 0.829. The molecule has 6 heteroatoms. The molecule has 0 spiro atoms. The molecule has 0 bridgehead atoms. The second-order valence-corrected chi connectivity index (χ2v) is 4.45. The lowest BCUT2D eigenvalue weighted by atomic mass is 10.1. The third-order valence-corrected chi connectivity index (χ3v) is 2.84. The van der Waals surface area contributed by atoms with Gasteiger partial charge in [0.15, 0.2) is 0 Å². The molecule has 2 rings (SSSR count). The van der Waals surface area contributed by atoms with Crippen molar-refractivity contribution in [1.82, 2.24) is 0 Å². The Morgan fingerprint density at radius 3 is 2.60 bits per heavy atom. The second kappa shape index (κ2) is 5.16. The van der Waals surface area contributed by atoms with Gasteiger partial charge in [0.2, 0.25) is 5.91 Å². The van der Waals surface area contributed by atoms with Crippen LogP contribution in [-0.4, -0.2) is 23.5 Å². The van der Waals surface area contributed by atoms with Crippen LogP contribution in [-0.2, 0) is 9.59 Å². The number of hydrogen-bond donors (Lipinski definition) is 1. The highest BCUT2D eigenvalue weighted by Gasteiger charge is 2.19. The van der Waals surface area contributed by atoms with Crippen molar-refractivity contribution >= 4 is 28.5 Å². The number of carboxylic acid groups (broad SMARTS) is 1. The quantitative estimate of drug-likeness (QED) is 0.858. The van der Waals surface area contributed by atoms with Crippen LogP contribution in [0.1, 0.15) is 12.5 Å².